The molecule has 69 heavy (non-hydrogen) atoms. The van der Waals surface area contributed by atoms with Gasteiger partial charge in [0.1, 0.15) is 42.3 Å². The second kappa shape index (κ2) is 19.8. The Morgan fingerprint density at radius 1 is 0.928 bits per heavy atom. The lowest BCUT2D eigenvalue weighted by atomic mass is 9.98. The summed E-state index contributed by atoms with van der Waals surface area (Å²) in [4.78, 5) is 72.2. The van der Waals surface area contributed by atoms with Gasteiger partial charge in [-0.25, -0.2) is 9.78 Å². The van der Waals surface area contributed by atoms with Gasteiger partial charge >= 0.3 is 6.09 Å². The fourth-order valence-electron chi connectivity index (χ4n) is 9.01. The lowest BCUT2D eigenvalue weighted by molar-refractivity contribution is -0.133. The number of likely N-dealkylation sites (tertiary alicyclic amines) is 1. The third-order valence-corrected chi connectivity index (χ3v) is 12.6. The van der Waals surface area contributed by atoms with Crippen molar-refractivity contribution in [3.8, 4) is 51.5 Å². The number of ether oxygens (including phenoxy) is 3. The number of piperidine rings is 1. The van der Waals surface area contributed by atoms with E-state index in [-0.39, 0.29) is 84.1 Å². The quantitative estimate of drug-likeness (QED) is 0.0896. The van der Waals surface area contributed by atoms with Crippen LogP contribution in [0.5, 0.6) is 23.0 Å². The number of aromatic nitrogens is 5. The molecule has 4 N–H and O–H groups in total. The normalized spacial score (nSPS) is 13.8. The standard InChI is InChI=1S/C50H54N8O11/c1-7-33-36-19-32(13-14-40(36)52-45-38(33)23-57-41(45)21-35(28(5)60)39(49(57)65)25-67-26-59)69-50(66)55(6)24-44(63)56-17-15-31(16-18-56)68-30-11-9-29(10-12-30)58-46(53-54-47(58)48(64)51-8-2)37-20-34(27(3)4)42(61)22-43(37)62/h9-14,19-22,26-28,31,60-62H,7-8,15-18,23-25H2,1-6H3,(H,51,64). The van der Waals surface area contributed by atoms with Crippen LogP contribution in [0, 0.1) is 0 Å². The molecule has 0 saturated carbocycles. The molecular formula is C50H54N8O11. The highest BCUT2D eigenvalue weighted by atomic mass is 16.6. The molecule has 1 fully saturated rings. The Kier molecular flexibility index (Phi) is 13.7. The number of amides is 3. The number of carbonyl (C=O) groups is 4. The number of pyridine rings is 2. The van der Waals surface area contributed by atoms with Crippen LogP contribution in [0.3, 0.4) is 0 Å². The molecule has 0 radical (unpaired) electrons. The molecule has 1 saturated heterocycles. The van der Waals surface area contributed by atoms with E-state index >= 15 is 0 Å². The number of nitrogens with one attached hydrogen (secondary N) is 1. The molecule has 0 aliphatic carbocycles. The van der Waals surface area contributed by atoms with Crippen molar-refractivity contribution < 1.29 is 48.7 Å². The van der Waals surface area contributed by atoms with Crippen molar-refractivity contribution in [2.24, 2.45) is 0 Å². The summed E-state index contributed by atoms with van der Waals surface area (Å²) in [5, 5.41) is 43.8. The third kappa shape index (κ3) is 9.41. The zero-order valence-electron chi connectivity index (χ0n) is 39.2. The van der Waals surface area contributed by atoms with Gasteiger partial charge in [-0.3, -0.25) is 23.7 Å². The number of hydrogen-bond donors (Lipinski definition) is 4. The number of rotatable bonds is 15. The second-order valence-electron chi connectivity index (χ2n) is 17.4. The van der Waals surface area contributed by atoms with Crippen LogP contribution in [0.4, 0.5) is 4.79 Å². The maximum absolute atomic E-state index is 13.6. The van der Waals surface area contributed by atoms with E-state index in [1.54, 1.807) is 82.5 Å². The third-order valence-electron chi connectivity index (χ3n) is 12.6. The summed E-state index contributed by atoms with van der Waals surface area (Å²) in [6.45, 7) is 10.3. The van der Waals surface area contributed by atoms with Crippen molar-refractivity contribution in [2.45, 2.75) is 85.2 Å². The largest absolute Gasteiger partial charge is 0.508 e. The number of aliphatic hydroxyl groups is 1. The van der Waals surface area contributed by atoms with Crippen LogP contribution in [0.2, 0.25) is 0 Å². The molecule has 19 nitrogen and oxygen atoms in total. The van der Waals surface area contributed by atoms with E-state index in [4.69, 9.17) is 19.2 Å². The molecule has 5 heterocycles. The number of nitrogens with zero attached hydrogens (tertiary/aromatic N) is 7. The van der Waals surface area contributed by atoms with Gasteiger partial charge in [-0.15, -0.1) is 10.2 Å². The van der Waals surface area contributed by atoms with Crippen molar-refractivity contribution in [3.63, 3.8) is 0 Å². The highest BCUT2D eigenvalue weighted by molar-refractivity contribution is 5.92. The van der Waals surface area contributed by atoms with Gasteiger partial charge in [-0.2, -0.15) is 0 Å². The fraction of sp³-hybridized carbons (Fsp3) is 0.360. The molecule has 1 unspecified atom stereocenters. The van der Waals surface area contributed by atoms with Crippen molar-refractivity contribution in [2.75, 3.05) is 33.2 Å². The monoisotopic (exact) mass is 942 g/mol. The summed E-state index contributed by atoms with van der Waals surface area (Å²) in [6, 6.07) is 16.7. The first kappa shape index (κ1) is 47.7. The summed E-state index contributed by atoms with van der Waals surface area (Å²) >= 11 is 0. The first-order valence-corrected chi connectivity index (χ1v) is 22.9. The minimum atomic E-state index is -0.988. The Labute approximate surface area is 396 Å². The Balaban J connectivity index is 0.891. The number of likely N-dealkylation sites (N-methyl/N-ethyl adjacent to an activating group) is 1. The molecular weight excluding hydrogens is 889 g/mol. The number of aromatic hydroxyl groups is 2. The van der Waals surface area contributed by atoms with Crippen LogP contribution in [0.15, 0.2) is 65.5 Å². The van der Waals surface area contributed by atoms with Crippen LogP contribution in [-0.4, -0.2) is 113 Å². The number of benzene rings is 3. The van der Waals surface area contributed by atoms with Gasteiger partial charge in [-0.05, 0) is 97.5 Å². The van der Waals surface area contributed by atoms with Crippen LogP contribution in [0.25, 0.3) is 39.4 Å². The zero-order chi connectivity index (χ0) is 49.3. The van der Waals surface area contributed by atoms with Crippen LogP contribution >= 0.6 is 0 Å². The number of carbonyl (C=O) groups excluding carboxylic acids is 4. The predicted octanol–water partition coefficient (Wildman–Crippen LogP) is 5.75. The van der Waals surface area contributed by atoms with E-state index < -0.39 is 18.1 Å². The summed E-state index contributed by atoms with van der Waals surface area (Å²) in [7, 11) is 1.50. The van der Waals surface area contributed by atoms with E-state index in [1.165, 1.54) is 18.0 Å². The van der Waals surface area contributed by atoms with Gasteiger partial charge in [0, 0.05) is 62.2 Å². The molecule has 3 aromatic carbocycles. The highest BCUT2D eigenvalue weighted by Gasteiger charge is 2.31. The number of phenols is 2. The van der Waals surface area contributed by atoms with Crippen molar-refractivity contribution in [3.05, 3.63) is 105 Å². The Bertz CT molecular complexity index is 3030. The van der Waals surface area contributed by atoms with Gasteiger partial charge in [0.15, 0.2) is 5.82 Å². The van der Waals surface area contributed by atoms with Gasteiger partial charge in [0.2, 0.25) is 11.7 Å². The molecule has 8 rings (SSSR count). The lowest BCUT2D eigenvalue weighted by Crippen LogP contribution is -2.46. The minimum absolute atomic E-state index is 0.0112. The predicted molar refractivity (Wildman–Crippen MR) is 253 cm³/mol. The number of aryl methyl sites for hydroxylation is 1. The topological polar surface area (TPSA) is 241 Å². The number of hydrogen-bond acceptors (Lipinski definition) is 14. The first-order chi connectivity index (χ1) is 33.1. The van der Waals surface area contributed by atoms with Gasteiger partial charge in [-0.1, -0.05) is 20.8 Å². The van der Waals surface area contributed by atoms with Gasteiger partial charge in [0.05, 0.1) is 40.7 Å². The Hall–Kier alpha value is -7.80. The summed E-state index contributed by atoms with van der Waals surface area (Å²) in [5.41, 5.74) is 5.11. The van der Waals surface area contributed by atoms with E-state index in [0.717, 1.165) is 16.5 Å². The molecule has 0 spiro atoms. The van der Waals surface area contributed by atoms with Crippen LogP contribution in [-0.2, 0) is 33.9 Å². The molecule has 6 aromatic rings. The Morgan fingerprint density at radius 2 is 1.65 bits per heavy atom. The molecule has 2 aliphatic rings. The number of fused-ring (bicyclic) bond motifs is 4. The average Bonchev–Trinajstić information content (AvgIpc) is 3.93. The molecule has 360 valence electrons. The van der Waals surface area contributed by atoms with Crippen LogP contribution < -0.4 is 20.3 Å². The fourth-order valence-corrected chi connectivity index (χ4v) is 9.01. The average molecular weight is 943 g/mol. The van der Waals surface area contributed by atoms with E-state index in [1.807, 2.05) is 20.8 Å². The zero-order valence-corrected chi connectivity index (χ0v) is 39.2. The van der Waals surface area contributed by atoms with Gasteiger partial charge < -0.3 is 49.2 Å². The second-order valence-corrected chi connectivity index (χ2v) is 17.4. The van der Waals surface area contributed by atoms with Crippen molar-refractivity contribution in [1.29, 1.82) is 0 Å². The lowest BCUT2D eigenvalue weighted by Gasteiger charge is -2.33. The molecule has 2 aliphatic heterocycles. The van der Waals surface area contributed by atoms with Crippen molar-refractivity contribution in [1.82, 2.24) is 39.4 Å². The maximum Gasteiger partial charge on any atom is 0.415 e. The smallest absolute Gasteiger partial charge is 0.415 e. The SMILES string of the molecule is CCNC(=O)c1nnc(-c2cc(C(C)C)c(O)cc2O)n1-c1ccc(OC2CCN(C(=O)CN(C)C(=O)Oc3ccc4nc5c(c(CC)c4c3)Cn3c-5cc(C(C)O)c(COC=O)c3=O)CC2)cc1. The molecule has 3 amide bonds. The van der Waals surface area contributed by atoms with E-state index in [9.17, 15) is 39.3 Å². The highest BCUT2D eigenvalue weighted by Crippen LogP contribution is 2.40. The van der Waals surface area contributed by atoms with Crippen LogP contribution in [0.1, 0.15) is 97.9 Å². The van der Waals surface area contributed by atoms with Crippen molar-refractivity contribution >= 4 is 35.3 Å². The minimum Gasteiger partial charge on any atom is -0.508 e. The van der Waals surface area contributed by atoms with E-state index in [0.29, 0.717) is 83.9 Å². The number of phenolic OH excluding ortho intramolecular Hbond substituents is 2. The van der Waals surface area contributed by atoms with E-state index in [2.05, 4.69) is 15.5 Å². The molecule has 19 heteroatoms. The first-order valence-electron chi connectivity index (χ1n) is 22.9. The molecule has 1 atom stereocenters. The number of aliphatic hydroxyl groups excluding tert-OH is 1. The molecule has 0 bridgehead atoms. The summed E-state index contributed by atoms with van der Waals surface area (Å²) in [5.74, 6) is 0.0134. The summed E-state index contributed by atoms with van der Waals surface area (Å²) < 4.78 is 20.1. The Morgan fingerprint density at radius 3 is 2.32 bits per heavy atom. The maximum atomic E-state index is 13.6. The molecule has 3 aromatic heterocycles. The summed E-state index contributed by atoms with van der Waals surface area (Å²) in [6.07, 6.45) is -0.238. The van der Waals surface area contributed by atoms with Gasteiger partial charge in [0.25, 0.3) is 17.9 Å².